The molecular weight excluding hydrogens is 346 g/mol. The zero-order valence-corrected chi connectivity index (χ0v) is 16.3. The Bertz CT molecular complexity index is 814. The van der Waals surface area contributed by atoms with E-state index in [9.17, 15) is 8.42 Å². The highest BCUT2D eigenvalue weighted by atomic mass is 32.2. The van der Waals surface area contributed by atoms with E-state index in [2.05, 4.69) is 34.1 Å². The molecule has 2 aromatic rings. The van der Waals surface area contributed by atoms with Gasteiger partial charge >= 0.3 is 0 Å². The van der Waals surface area contributed by atoms with Crippen molar-refractivity contribution in [2.24, 2.45) is 0 Å². The monoisotopic (exact) mass is 373 g/mol. The first-order chi connectivity index (χ1) is 12.4. The molecule has 0 amide bonds. The Labute approximate surface area is 156 Å². The molecule has 26 heavy (non-hydrogen) atoms. The Kier molecular flexibility index (Phi) is 6.09. The van der Waals surface area contributed by atoms with Gasteiger partial charge in [0, 0.05) is 53.4 Å². The van der Waals surface area contributed by atoms with Crippen LogP contribution in [0.3, 0.4) is 0 Å². The number of hydrogen-bond acceptors (Lipinski definition) is 4. The fourth-order valence-electron chi connectivity index (χ4n) is 3.22. The standard InChI is InChI=1S/C20H27N3O2S/c1-21(2)26(24,25)20-10-6-9-19(15-20)17-23-13-11-22(12-14-23)16-18-7-4-3-5-8-18/h3-10,15H,11-14,16-17H2,1-2H3. The van der Waals surface area contributed by atoms with Crippen molar-refractivity contribution in [3.05, 3.63) is 65.7 Å². The normalized spacial score (nSPS) is 16.9. The van der Waals surface area contributed by atoms with Crippen molar-refractivity contribution in [1.82, 2.24) is 14.1 Å². The summed E-state index contributed by atoms with van der Waals surface area (Å²) in [6.07, 6.45) is 0. The van der Waals surface area contributed by atoms with Crippen LogP contribution < -0.4 is 0 Å². The molecule has 1 fully saturated rings. The van der Waals surface area contributed by atoms with Crippen molar-refractivity contribution < 1.29 is 8.42 Å². The maximum absolute atomic E-state index is 12.3. The fourth-order valence-corrected chi connectivity index (χ4v) is 4.19. The summed E-state index contributed by atoms with van der Waals surface area (Å²) in [5, 5.41) is 0. The summed E-state index contributed by atoms with van der Waals surface area (Å²) in [5.41, 5.74) is 2.40. The van der Waals surface area contributed by atoms with E-state index < -0.39 is 10.0 Å². The van der Waals surface area contributed by atoms with Crippen molar-refractivity contribution in [3.63, 3.8) is 0 Å². The minimum atomic E-state index is -3.38. The molecule has 5 nitrogen and oxygen atoms in total. The molecule has 1 saturated heterocycles. The summed E-state index contributed by atoms with van der Waals surface area (Å²) in [5.74, 6) is 0. The van der Waals surface area contributed by atoms with Gasteiger partial charge in [-0.25, -0.2) is 12.7 Å². The number of piperazine rings is 1. The summed E-state index contributed by atoms with van der Waals surface area (Å²) in [6.45, 7) is 5.84. The van der Waals surface area contributed by atoms with Gasteiger partial charge in [-0.2, -0.15) is 0 Å². The van der Waals surface area contributed by atoms with Crippen LogP contribution in [0.2, 0.25) is 0 Å². The van der Waals surface area contributed by atoms with E-state index in [1.54, 1.807) is 26.2 Å². The number of nitrogens with zero attached hydrogens (tertiary/aromatic N) is 3. The van der Waals surface area contributed by atoms with Crippen LogP contribution in [0, 0.1) is 0 Å². The molecule has 0 atom stereocenters. The minimum absolute atomic E-state index is 0.364. The van der Waals surface area contributed by atoms with Crippen LogP contribution in [-0.4, -0.2) is 62.8 Å². The number of benzene rings is 2. The van der Waals surface area contributed by atoms with Crippen molar-refractivity contribution in [1.29, 1.82) is 0 Å². The van der Waals surface area contributed by atoms with Crippen molar-refractivity contribution in [3.8, 4) is 0 Å². The van der Waals surface area contributed by atoms with Gasteiger partial charge in [0.1, 0.15) is 0 Å². The third kappa shape index (κ3) is 4.71. The predicted octanol–water partition coefficient (Wildman–Crippen LogP) is 2.25. The summed E-state index contributed by atoms with van der Waals surface area (Å²) < 4.78 is 25.9. The molecule has 1 aliphatic heterocycles. The van der Waals surface area contributed by atoms with Crippen molar-refractivity contribution >= 4 is 10.0 Å². The van der Waals surface area contributed by atoms with Crippen molar-refractivity contribution in [2.45, 2.75) is 18.0 Å². The smallest absolute Gasteiger partial charge is 0.242 e. The molecule has 0 aliphatic carbocycles. The zero-order chi connectivity index (χ0) is 18.6. The van der Waals surface area contributed by atoms with Crippen LogP contribution in [0.5, 0.6) is 0 Å². The first-order valence-electron chi connectivity index (χ1n) is 8.95. The van der Waals surface area contributed by atoms with E-state index in [1.807, 2.05) is 18.2 Å². The van der Waals surface area contributed by atoms with Gasteiger partial charge in [-0.15, -0.1) is 0 Å². The zero-order valence-electron chi connectivity index (χ0n) is 15.5. The number of hydrogen-bond donors (Lipinski definition) is 0. The molecule has 2 aromatic carbocycles. The largest absolute Gasteiger partial charge is 0.297 e. The Balaban J connectivity index is 1.56. The fraction of sp³-hybridized carbons (Fsp3) is 0.400. The number of sulfonamides is 1. The van der Waals surface area contributed by atoms with E-state index >= 15 is 0 Å². The lowest BCUT2D eigenvalue weighted by Crippen LogP contribution is -2.45. The quantitative estimate of drug-likeness (QED) is 0.779. The molecule has 0 saturated carbocycles. The summed E-state index contributed by atoms with van der Waals surface area (Å²) >= 11 is 0. The highest BCUT2D eigenvalue weighted by Crippen LogP contribution is 2.17. The molecule has 0 aromatic heterocycles. The topological polar surface area (TPSA) is 43.9 Å². The summed E-state index contributed by atoms with van der Waals surface area (Å²) in [4.78, 5) is 5.23. The van der Waals surface area contributed by atoms with Crippen LogP contribution in [0.25, 0.3) is 0 Å². The van der Waals surface area contributed by atoms with Crippen LogP contribution in [0.1, 0.15) is 11.1 Å². The molecular formula is C20H27N3O2S. The summed E-state index contributed by atoms with van der Waals surface area (Å²) in [6, 6.07) is 17.9. The van der Waals surface area contributed by atoms with Crippen LogP contribution in [0.15, 0.2) is 59.5 Å². The second-order valence-corrected chi connectivity index (χ2v) is 9.12. The van der Waals surface area contributed by atoms with Crippen LogP contribution in [0.4, 0.5) is 0 Å². The molecule has 1 heterocycles. The molecule has 1 aliphatic rings. The van der Waals surface area contributed by atoms with E-state index in [0.717, 1.165) is 44.8 Å². The molecule has 0 spiro atoms. The van der Waals surface area contributed by atoms with Gasteiger partial charge in [0.2, 0.25) is 10.0 Å². The summed E-state index contributed by atoms with van der Waals surface area (Å²) in [7, 11) is -0.250. The first kappa shape index (κ1) is 19.0. The second-order valence-electron chi connectivity index (χ2n) is 6.97. The van der Waals surface area contributed by atoms with Crippen LogP contribution in [-0.2, 0) is 23.1 Å². The van der Waals surface area contributed by atoms with E-state index in [0.29, 0.717) is 4.90 Å². The molecule has 140 valence electrons. The second kappa shape index (κ2) is 8.31. The lowest BCUT2D eigenvalue weighted by molar-refractivity contribution is 0.122. The third-order valence-electron chi connectivity index (χ3n) is 4.80. The molecule has 0 N–H and O–H groups in total. The molecule has 0 bridgehead atoms. The highest BCUT2D eigenvalue weighted by Gasteiger charge is 2.20. The lowest BCUT2D eigenvalue weighted by atomic mass is 10.1. The van der Waals surface area contributed by atoms with Gasteiger partial charge in [0.05, 0.1) is 4.90 Å². The van der Waals surface area contributed by atoms with Gasteiger partial charge in [-0.1, -0.05) is 42.5 Å². The highest BCUT2D eigenvalue weighted by molar-refractivity contribution is 7.89. The van der Waals surface area contributed by atoms with E-state index in [1.165, 1.54) is 9.87 Å². The molecule has 3 rings (SSSR count). The maximum Gasteiger partial charge on any atom is 0.242 e. The van der Waals surface area contributed by atoms with Gasteiger partial charge in [-0.05, 0) is 23.3 Å². The van der Waals surface area contributed by atoms with E-state index in [4.69, 9.17) is 0 Å². The lowest BCUT2D eigenvalue weighted by Gasteiger charge is -2.34. The predicted molar refractivity (Wildman–Crippen MR) is 104 cm³/mol. The Morgan fingerprint density at radius 2 is 1.35 bits per heavy atom. The maximum atomic E-state index is 12.3. The Hall–Kier alpha value is -1.73. The van der Waals surface area contributed by atoms with Gasteiger partial charge in [0.15, 0.2) is 0 Å². The Morgan fingerprint density at radius 3 is 1.92 bits per heavy atom. The number of rotatable bonds is 6. The minimum Gasteiger partial charge on any atom is -0.297 e. The first-order valence-corrected chi connectivity index (χ1v) is 10.4. The third-order valence-corrected chi connectivity index (χ3v) is 6.61. The van der Waals surface area contributed by atoms with Gasteiger partial charge < -0.3 is 0 Å². The van der Waals surface area contributed by atoms with Gasteiger partial charge in [-0.3, -0.25) is 9.80 Å². The average Bonchev–Trinajstić information content (AvgIpc) is 2.64. The molecule has 0 unspecified atom stereocenters. The molecule has 6 heteroatoms. The molecule has 0 radical (unpaired) electrons. The Morgan fingerprint density at radius 1 is 0.808 bits per heavy atom. The van der Waals surface area contributed by atoms with Crippen molar-refractivity contribution in [2.75, 3.05) is 40.3 Å². The SMILES string of the molecule is CN(C)S(=O)(=O)c1cccc(CN2CCN(Cc3ccccc3)CC2)c1. The average molecular weight is 374 g/mol. The van der Waals surface area contributed by atoms with E-state index in [-0.39, 0.29) is 0 Å². The van der Waals surface area contributed by atoms with Crippen LogP contribution >= 0.6 is 0 Å². The van der Waals surface area contributed by atoms with Gasteiger partial charge in [0.25, 0.3) is 0 Å².